The molecule has 2 unspecified atom stereocenters. The maximum Gasteiger partial charge on any atom is 0.469 e. The average Bonchev–Trinajstić information content (AvgIpc) is 2.32. The van der Waals surface area contributed by atoms with Gasteiger partial charge in [-0.2, -0.15) is 0 Å². The number of carboxylic acids is 1. The quantitative estimate of drug-likeness (QED) is 0.274. The van der Waals surface area contributed by atoms with E-state index in [1.807, 2.05) is 0 Å². The Labute approximate surface area is 112 Å². The number of carbonyl (C=O) groups is 1. The van der Waals surface area contributed by atoms with E-state index in [4.69, 9.17) is 19.6 Å². The number of hydrogen-bond donors (Lipinski definition) is 6. The summed E-state index contributed by atoms with van der Waals surface area (Å²) in [5.74, 6) is -1.36. The molecule has 5 atom stereocenters. The highest BCUT2D eigenvalue weighted by Crippen LogP contribution is 2.37. The first-order valence-corrected chi connectivity index (χ1v) is 6.88. The highest BCUT2D eigenvalue weighted by molar-refractivity contribution is 7.46. The third-order valence-corrected chi connectivity index (χ3v) is 2.93. The Morgan fingerprint density at radius 2 is 1.75 bits per heavy atom. The molecule has 0 radical (unpaired) electrons. The second kappa shape index (κ2) is 6.89. The normalized spacial score (nSPS) is 35.0. The molecule has 1 rings (SSSR count). The third kappa shape index (κ3) is 5.05. The van der Waals surface area contributed by atoms with Crippen molar-refractivity contribution in [2.45, 2.75) is 30.7 Å². The first kappa shape index (κ1) is 17.4. The second-order valence-electron chi connectivity index (χ2n) is 4.01. The summed E-state index contributed by atoms with van der Waals surface area (Å²) in [6.07, 6.45) is -8.18. The van der Waals surface area contributed by atoms with Gasteiger partial charge in [0.15, 0.2) is 6.29 Å². The molecule has 0 saturated carbocycles. The van der Waals surface area contributed by atoms with Crippen LogP contribution < -0.4 is 0 Å². The molecular formula is C8H15O11P. The van der Waals surface area contributed by atoms with Crippen molar-refractivity contribution in [3.05, 3.63) is 0 Å². The predicted octanol–water partition coefficient (Wildman–Crippen LogP) is -3.00. The summed E-state index contributed by atoms with van der Waals surface area (Å²) in [7, 11) is -4.81. The number of rotatable bonds is 6. The maximum absolute atomic E-state index is 10.5. The Kier molecular flexibility index (Phi) is 6.01. The zero-order valence-corrected chi connectivity index (χ0v) is 10.9. The van der Waals surface area contributed by atoms with Crippen molar-refractivity contribution in [3.8, 4) is 0 Å². The minimum atomic E-state index is -4.81. The van der Waals surface area contributed by atoms with Gasteiger partial charge in [-0.1, -0.05) is 0 Å². The lowest BCUT2D eigenvalue weighted by molar-refractivity contribution is -0.299. The van der Waals surface area contributed by atoms with Crippen LogP contribution in [-0.4, -0.2) is 80.1 Å². The van der Waals surface area contributed by atoms with E-state index in [1.165, 1.54) is 0 Å². The molecule has 0 aromatic heterocycles. The fraction of sp³-hybridized carbons (Fsp3) is 0.875. The highest BCUT2D eigenvalue weighted by atomic mass is 31.2. The van der Waals surface area contributed by atoms with Crippen molar-refractivity contribution in [1.82, 2.24) is 0 Å². The van der Waals surface area contributed by atoms with Crippen LogP contribution in [-0.2, 0) is 23.4 Å². The number of aliphatic carboxylic acids is 1. The van der Waals surface area contributed by atoms with E-state index >= 15 is 0 Å². The minimum absolute atomic E-state index is 0.790. The molecular weight excluding hydrogens is 303 g/mol. The van der Waals surface area contributed by atoms with Crippen molar-refractivity contribution >= 4 is 13.8 Å². The molecule has 0 spiro atoms. The Morgan fingerprint density at radius 1 is 1.15 bits per heavy atom. The summed E-state index contributed by atoms with van der Waals surface area (Å²) in [5.41, 5.74) is 0. The van der Waals surface area contributed by atoms with Crippen LogP contribution in [0.3, 0.4) is 0 Å². The molecule has 1 saturated heterocycles. The molecule has 0 amide bonds. The first-order valence-electron chi connectivity index (χ1n) is 5.35. The van der Waals surface area contributed by atoms with Gasteiger partial charge in [0.05, 0.1) is 6.61 Å². The number of carboxylic acid groups (broad SMARTS) is 1. The van der Waals surface area contributed by atoms with E-state index in [9.17, 15) is 24.7 Å². The van der Waals surface area contributed by atoms with Gasteiger partial charge in [0.1, 0.15) is 31.0 Å². The van der Waals surface area contributed by atoms with E-state index in [1.54, 1.807) is 0 Å². The van der Waals surface area contributed by atoms with Crippen molar-refractivity contribution < 1.29 is 53.6 Å². The number of hydrogen-bond acceptors (Lipinski definition) is 8. The monoisotopic (exact) mass is 318 g/mol. The molecule has 0 aliphatic carbocycles. The van der Waals surface area contributed by atoms with E-state index in [0.29, 0.717) is 0 Å². The van der Waals surface area contributed by atoms with Gasteiger partial charge < -0.3 is 39.7 Å². The van der Waals surface area contributed by atoms with Gasteiger partial charge in [-0.05, 0) is 0 Å². The largest absolute Gasteiger partial charge is 0.480 e. The Bertz CT molecular complexity index is 381. The van der Waals surface area contributed by atoms with E-state index in [0.717, 1.165) is 0 Å². The second-order valence-corrected chi connectivity index (χ2v) is 5.25. The molecule has 118 valence electrons. The van der Waals surface area contributed by atoms with E-state index < -0.39 is 57.7 Å². The number of aliphatic hydroxyl groups excluding tert-OH is 3. The molecule has 1 aliphatic rings. The van der Waals surface area contributed by atoms with Gasteiger partial charge in [0.2, 0.25) is 0 Å². The zero-order chi connectivity index (χ0) is 15.5. The lowest BCUT2D eigenvalue weighted by Crippen LogP contribution is -2.59. The lowest BCUT2D eigenvalue weighted by atomic mass is 9.99. The smallest absolute Gasteiger partial charge is 0.469 e. The summed E-state index contributed by atoms with van der Waals surface area (Å²) in [4.78, 5) is 27.4. The highest BCUT2D eigenvalue weighted by Gasteiger charge is 2.45. The van der Waals surface area contributed by atoms with E-state index in [-0.39, 0.29) is 0 Å². The summed E-state index contributed by atoms with van der Waals surface area (Å²) in [5, 5.41) is 37.0. The van der Waals surface area contributed by atoms with Crippen molar-refractivity contribution in [2.75, 3.05) is 13.2 Å². The van der Waals surface area contributed by atoms with E-state index in [2.05, 4.69) is 9.26 Å². The lowest BCUT2D eigenvalue weighted by Gasteiger charge is -2.39. The Morgan fingerprint density at radius 3 is 2.25 bits per heavy atom. The van der Waals surface area contributed by atoms with Gasteiger partial charge in [0, 0.05) is 0 Å². The molecule has 1 fully saturated rings. The molecule has 0 aromatic carbocycles. The fourth-order valence-electron chi connectivity index (χ4n) is 1.52. The fourth-order valence-corrected chi connectivity index (χ4v) is 1.86. The Hall–Kier alpha value is -0.620. The van der Waals surface area contributed by atoms with Gasteiger partial charge in [0.25, 0.3) is 0 Å². The topological polar surface area (TPSA) is 183 Å². The van der Waals surface area contributed by atoms with Gasteiger partial charge >= 0.3 is 13.8 Å². The molecule has 20 heavy (non-hydrogen) atoms. The van der Waals surface area contributed by atoms with Crippen LogP contribution in [0, 0.1) is 0 Å². The standard InChI is InChI=1S/C8H15O11P/c9-4(10)2-17-8-7(13)6(12)5(11)3(19-8)1-18-20(14,15)16/h3,5-8,11-13H,1-2H2,(H,9,10)(H2,14,15,16)/t3?,5-,6+,7?,8+/m1/s1. The summed E-state index contributed by atoms with van der Waals surface area (Å²) < 4.78 is 24.2. The van der Waals surface area contributed by atoms with Crippen LogP contribution in [0.2, 0.25) is 0 Å². The number of phosphoric ester groups is 1. The first-order chi connectivity index (χ1) is 9.11. The van der Waals surface area contributed by atoms with Crippen molar-refractivity contribution in [3.63, 3.8) is 0 Å². The summed E-state index contributed by atoms with van der Waals surface area (Å²) >= 11 is 0. The minimum Gasteiger partial charge on any atom is -0.480 e. The Balaban J connectivity index is 2.65. The molecule has 6 N–H and O–H groups in total. The molecule has 1 heterocycles. The third-order valence-electron chi connectivity index (χ3n) is 2.45. The SMILES string of the molecule is O=C(O)CO[C@H]1OC(COP(=O)(O)O)[C@@H](O)[C@H](O)C1O. The van der Waals surface area contributed by atoms with Gasteiger partial charge in [-0.25, -0.2) is 9.36 Å². The van der Waals surface area contributed by atoms with Crippen LogP contribution >= 0.6 is 7.82 Å². The number of ether oxygens (including phenoxy) is 2. The molecule has 0 aromatic rings. The molecule has 1 aliphatic heterocycles. The zero-order valence-electron chi connectivity index (χ0n) is 9.97. The van der Waals surface area contributed by atoms with Crippen LogP contribution in [0.25, 0.3) is 0 Å². The van der Waals surface area contributed by atoms with Crippen LogP contribution in [0.4, 0.5) is 0 Å². The average molecular weight is 318 g/mol. The maximum atomic E-state index is 10.5. The number of aliphatic hydroxyl groups is 3. The van der Waals surface area contributed by atoms with Gasteiger partial charge in [-0.15, -0.1) is 0 Å². The number of phosphoric acid groups is 1. The van der Waals surface area contributed by atoms with Crippen LogP contribution in [0.1, 0.15) is 0 Å². The van der Waals surface area contributed by atoms with Crippen molar-refractivity contribution in [1.29, 1.82) is 0 Å². The molecule has 0 bridgehead atoms. The predicted molar refractivity (Wildman–Crippen MR) is 58.3 cm³/mol. The summed E-state index contributed by atoms with van der Waals surface area (Å²) in [6, 6.07) is 0. The molecule has 11 nitrogen and oxygen atoms in total. The van der Waals surface area contributed by atoms with Crippen LogP contribution in [0.15, 0.2) is 0 Å². The summed E-state index contributed by atoms with van der Waals surface area (Å²) in [6.45, 7) is -1.63. The van der Waals surface area contributed by atoms with Crippen LogP contribution in [0.5, 0.6) is 0 Å². The van der Waals surface area contributed by atoms with Crippen molar-refractivity contribution in [2.24, 2.45) is 0 Å². The molecule has 12 heteroatoms. The van der Waals surface area contributed by atoms with Gasteiger partial charge in [-0.3, -0.25) is 4.52 Å².